The highest BCUT2D eigenvalue weighted by Crippen LogP contribution is 2.58. The smallest absolute Gasteiger partial charge is 0.327 e. The van der Waals surface area contributed by atoms with Crippen molar-refractivity contribution in [2.45, 2.75) is 76.3 Å². The first-order valence-electron chi connectivity index (χ1n) is 18.6. The van der Waals surface area contributed by atoms with Gasteiger partial charge in [0.2, 0.25) is 11.8 Å². The summed E-state index contributed by atoms with van der Waals surface area (Å²) >= 11 is 0. The first-order valence-corrected chi connectivity index (χ1v) is 20.4. The fourth-order valence-corrected chi connectivity index (χ4v) is 14.3. The highest BCUT2D eigenvalue weighted by molar-refractivity contribution is 7.96. The van der Waals surface area contributed by atoms with Gasteiger partial charge >= 0.3 is 11.9 Å². The molecule has 4 aliphatic rings. The number of rotatable bonds is 8. The predicted octanol–water partition coefficient (Wildman–Crippen LogP) is 4.12. The largest absolute Gasteiger partial charge is 0.468 e. The zero-order valence-corrected chi connectivity index (χ0v) is 31.0. The molecule has 0 unspecified atom stereocenters. The molecule has 2 heterocycles. The third kappa shape index (κ3) is 5.60. The molecule has 7 rings (SSSR count). The lowest BCUT2D eigenvalue weighted by molar-refractivity contribution is -0.166. The zero-order valence-electron chi connectivity index (χ0n) is 30.1. The molecule has 0 N–H and O–H groups in total. The highest BCUT2D eigenvalue weighted by atomic mass is 31.2. The first kappa shape index (κ1) is 36.5. The highest BCUT2D eigenvalue weighted by Gasteiger charge is 2.76. The number of amides is 4. The SMILES string of the molecule is COC(=O)[C@@H]1C(=O)N(C2CCCCC2)C(=O)[C@@H]1[C@]1(C(=O)OC)C(=O)N(C2CCCCC2)C(=O)C1=P(c1ccccc1)(c1ccccc1)c1ccccc1. The number of carbonyl (C=O) groups excluding carboxylic acids is 6. The maximum absolute atomic E-state index is 15.9. The average Bonchev–Trinajstić information content (AvgIpc) is 3.61. The van der Waals surface area contributed by atoms with E-state index in [0.29, 0.717) is 41.6 Å². The molecule has 10 nitrogen and oxygen atoms in total. The van der Waals surface area contributed by atoms with E-state index < -0.39 is 71.8 Å². The molecular formula is C42H45N2O8P. The van der Waals surface area contributed by atoms with Crippen LogP contribution in [-0.2, 0) is 38.2 Å². The molecule has 11 heteroatoms. The van der Waals surface area contributed by atoms with Gasteiger partial charge in [0.15, 0.2) is 5.41 Å². The second kappa shape index (κ2) is 14.9. The van der Waals surface area contributed by atoms with Crippen molar-refractivity contribution in [3.8, 4) is 0 Å². The fraction of sp³-hybridized carbons (Fsp3) is 0.405. The Morgan fingerprint density at radius 1 is 0.604 bits per heavy atom. The molecule has 4 fully saturated rings. The van der Waals surface area contributed by atoms with Gasteiger partial charge in [0, 0.05) is 12.1 Å². The van der Waals surface area contributed by atoms with Crippen LogP contribution in [0.1, 0.15) is 64.2 Å². The summed E-state index contributed by atoms with van der Waals surface area (Å²) in [5.41, 5.74) is -2.69. The number of likely N-dealkylation sites (tertiary alicyclic amines) is 2. The van der Waals surface area contributed by atoms with Crippen LogP contribution in [0.2, 0.25) is 0 Å². The van der Waals surface area contributed by atoms with Gasteiger partial charge in [0.1, 0.15) is 5.92 Å². The maximum atomic E-state index is 15.9. The van der Waals surface area contributed by atoms with Gasteiger partial charge in [0.05, 0.1) is 25.4 Å². The summed E-state index contributed by atoms with van der Waals surface area (Å²) in [7, 11) is 2.23. The number of imide groups is 2. The predicted molar refractivity (Wildman–Crippen MR) is 201 cm³/mol. The molecule has 2 saturated carbocycles. The Labute approximate surface area is 309 Å². The molecular weight excluding hydrogens is 691 g/mol. The Hall–Kier alpha value is -4.82. The third-order valence-corrected chi connectivity index (χ3v) is 16.2. The van der Waals surface area contributed by atoms with Gasteiger partial charge in [-0.1, -0.05) is 130 Å². The fourth-order valence-electron chi connectivity index (χ4n) is 9.48. The number of methoxy groups -OCH3 is 2. The molecule has 53 heavy (non-hydrogen) atoms. The van der Waals surface area contributed by atoms with E-state index in [1.165, 1.54) is 4.90 Å². The van der Waals surface area contributed by atoms with Crippen LogP contribution >= 0.6 is 6.89 Å². The molecule has 0 spiro atoms. The van der Waals surface area contributed by atoms with E-state index in [1.807, 2.05) is 91.0 Å². The lowest BCUT2D eigenvalue weighted by Gasteiger charge is -2.38. The van der Waals surface area contributed by atoms with E-state index >= 15 is 19.2 Å². The van der Waals surface area contributed by atoms with Crippen molar-refractivity contribution in [3.05, 3.63) is 91.0 Å². The zero-order chi connectivity index (χ0) is 37.3. The van der Waals surface area contributed by atoms with Crippen LogP contribution in [0.4, 0.5) is 0 Å². The van der Waals surface area contributed by atoms with Crippen molar-refractivity contribution in [1.29, 1.82) is 0 Å². The normalized spacial score (nSPS) is 24.5. The van der Waals surface area contributed by atoms with Crippen molar-refractivity contribution in [3.63, 3.8) is 0 Å². The summed E-state index contributed by atoms with van der Waals surface area (Å²) in [5.74, 6) is -9.25. The van der Waals surface area contributed by atoms with Gasteiger partial charge in [-0.3, -0.25) is 38.6 Å². The summed E-state index contributed by atoms with van der Waals surface area (Å²) in [4.78, 5) is 93.0. The Morgan fingerprint density at radius 2 is 1.04 bits per heavy atom. The van der Waals surface area contributed by atoms with Gasteiger partial charge in [0.25, 0.3) is 11.8 Å². The Balaban J connectivity index is 1.70. The summed E-state index contributed by atoms with van der Waals surface area (Å²) in [5, 5.41) is 1.84. The minimum absolute atomic E-state index is 0.124. The number of ether oxygens (including phenoxy) is 2. The number of benzene rings is 3. The number of nitrogens with zero attached hydrogens (tertiary/aromatic N) is 2. The van der Waals surface area contributed by atoms with Crippen LogP contribution in [0.15, 0.2) is 91.0 Å². The number of esters is 2. The van der Waals surface area contributed by atoms with E-state index in [-0.39, 0.29) is 5.29 Å². The summed E-state index contributed by atoms with van der Waals surface area (Å²) in [6.45, 7) is -3.62. The molecule has 2 saturated heterocycles. The van der Waals surface area contributed by atoms with E-state index in [4.69, 9.17) is 9.47 Å². The molecule has 2 aliphatic heterocycles. The van der Waals surface area contributed by atoms with E-state index in [0.717, 1.165) is 57.6 Å². The first-order chi connectivity index (χ1) is 25.8. The van der Waals surface area contributed by atoms with E-state index in [2.05, 4.69) is 0 Å². The Bertz CT molecular complexity index is 1870. The standard InChI is InChI=1S/C42H45N2O8P/c1-51-39(48)33-34(37(46)43(36(33)45)28-18-8-3-9-19-28)42(41(50)52-2)35(38(47)44(40(42)49)29-20-10-4-11-21-29)53(30-22-12-5-13-23-30,31-24-14-6-15-25-31)32-26-16-7-17-27-32/h5-7,12-17,22-29,33-34H,3-4,8-11,18-21H2,1-2H3/t33-,34+,42+/m0/s1. The second-order valence-electron chi connectivity index (χ2n) is 14.4. The summed E-state index contributed by atoms with van der Waals surface area (Å²) in [6.07, 6.45) is 7.01. The van der Waals surface area contributed by atoms with Crippen molar-refractivity contribution >= 4 is 63.7 Å². The molecule has 3 aromatic carbocycles. The lowest BCUT2D eigenvalue weighted by Crippen LogP contribution is -2.57. The van der Waals surface area contributed by atoms with Gasteiger partial charge in [-0.2, -0.15) is 0 Å². The minimum Gasteiger partial charge on any atom is -0.468 e. The molecule has 4 amide bonds. The van der Waals surface area contributed by atoms with Crippen molar-refractivity contribution in [2.75, 3.05) is 14.2 Å². The molecule has 276 valence electrons. The Morgan fingerprint density at radius 3 is 1.45 bits per heavy atom. The quantitative estimate of drug-likeness (QED) is 0.146. The van der Waals surface area contributed by atoms with Crippen LogP contribution < -0.4 is 15.9 Å². The van der Waals surface area contributed by atoms with Gasteiger partial charge < -0.3 is 9.47 Å². The van der Waals surface area contributed by atoms with Gasteiger partial charge in [-0.05, 0) is 48.5 Å². The third-order valence-electron chi connectivity index (χ3n) is 11.8. The molecule has 0 aromatic heterocycles. The van der Waals surface area contributed by atoms with Crippen LogP contribution in [0.5, 0.6) is 0 Å². The van der Waals surface area contributed by atoms with Crippen LogP contribution in [0.25, 0.3) is 0 Å². The average molecular weight is 737 g/mol. The summed E-state index contributed by atoms with van der Waals surface area (Å²) < 4.78 is 10.8. The molecule has 2 aliphatic carbocycles. The second-order valence-corrected chi connectivity index (χ2v) is 17.8. The van der Waals surface area contributed by atoms with Gasteiger partial charge in [-0.25, -0.2) is 0 Å². The minimum atomic E-state index is -3.62. The van der Waals surface area contributed by atoms with Crippen molar-refractivity contribution < 1.29 is 38.2 Å². The van der Waals surface area contributed by atoms with Crippen LogP contribution in [0, 0.1) is 17.3 Å². The molecule has 3 aromatic rings. The molecule has 0 radical (unpaired) electrons. The van der Waals surface area contributed by atoms with E-state index in [9.17, 15) is 9.59 Å². The van der Waals surface area contributed by atoms with Crippen LogP contribution in [-0.4, -0.2) is 77.0 Å². The Kier molecular flexibility index (Phi) is 10.3. The number of carbonyl (C=O) groups is 6. The van der Waals surface area contributed by atoms with Crippen molar-refractivity contribution in [2.24, 2.45) is 17.3 Å². The summed E-state index contributed by atoms with van der Waals surface area (Å²) in [6, 6.07) is 26.7. The lowest BCUT2D eigenvalue weighted by atomic mass is 9.68. The topological polar surface area (TPSA) is 127 Å². The van der Waals surface area contributed by atoms with Crippen molar-refractivity contribution in [1.82, 2.24) is 9.80 Å². The number of hydrogen-bond acceptors (Lipinski definition) is 8. The van der Waals surface area contributed by atoms with Crippen LogP contribution in [0.3, 0.4) is 0 Å². The monoisotopic (exact) mass is 736 g/mol. The van der Waals surface area contributed by atoms with Gasteiger partial charge in [-0.15, -0.1) is 0 Å². The molecule has 3 atom stereocenters. The molecule has 0 bridgehead atoms. The van der Waals surface area contributed by atoms with E-state index in [1.54, 1.807) is 0 Å². The number of hydrogen-bond donors (Lipinski definition) is 0. The maximum Gasteiger partial charge on any atom is 0.327 e.